The van der Waals surface area contributed by atoms with Crippen molar-refractivity contribution in [3.8, 4) is 0 Å². The first-order valence-corrected chi connectivity index (χ1v) is 8.58. The quantitative estimate of drug-likeness (QED) is 0.652. The molecule has 2 saturated heterocycles. The highest BCUT2D eigenvalue weighted by molar-refractivity contribution is 7.98. The summed E-state index contributed by atoms with van der Waals surface area (Å²) >= 11 is 1.50. The monoisotopic (exact) mass is 310 g/mol. The molecule has 0 aliphatic carbocycles. The van der Waals surface area contributed by atoms with E-state index >= 15 is 0 Å². The summed E-state index contributed by atoms with van der Waals surface area (Å²) < 4.78 is 11.5. The maximum Gasteiger partial charge on any atom is 0.191 e. The minimum Gasteiger partial charge on any atom is -0.383 e. The molecule has 0 radical (unpaired) electrons. The molecule has 1 aromatic heterocycles. The van der Waals surface area contributed by atoms with E-state index in [1.807, 2.05) is 6.26 Å². The molecule has 7 heteroatoms. The second-order valence-corrected chi connectivity index (χ2v) is 6.42. The van der Waals surface area contributed by atoms with Crippen LogP contribution in [0.1, 0.15) is 25.7 Å². The topological polar surface area (TPSA) is 82.3 Å². The highest BCUT2D eigenvalue weighted by Crippen LogP contribution is 2.35. The van der Waals surface area contributed by atoms with Gasteiger partial charge in [-0.15, -0.1) is 0 Å². The van der Waals surface area contributed by atoms with Gasteiger partial charge in [-0.1, -0.05) is 11.8 Å². The third-order valence-corrected chi connectivity index (χ3v) is 4.70. The van der Waals surface area contributed by atoms with Crippen molar-refractivity contribution in [1.29, 1.82) is 0 Å². The Morgan fingerprint density at radius 3 is 2.90 bits per heavy atom. The largest absolute Gasteiger partial charge is 0.383 e. The van der Waals surface area contributed by atoms with Crippen LogP contribution in [-0.4, -0.2) is 47.7 Å². The Balaban J connectivity index is 1.68. The number of nitrogens with two attached hydrogens (primary N) is 1. The summed E-state index contributed by atoms with van der Waals surface area (Å²) in [6.45, 7) is 2.38. The molecule has 1 atom stereocenters. The lowest BCUT2D eigenvalue weighted by Gasteiger charge is -2.43. The molecule has 2 fully saturated rings. The van der Waals surface area contributed by atoms with Gasteiger partial charge in [0.15, 0.2) is 5.16 Å². The number of hydrogen-bond acceptors (Lipinski definition) is 7. The zero-order valence-electron chi connectivity index (χ0n) is 12.3. The number of aromatic nitrogens is 2. The maximum atomic E-state index is 6.06. The van der Waals surface area contributed by atoms with Crippen LogP contribution in [0.3, 0.4) is 0 Å². The van der Waals surface area contributed by atoms with Crippen LogP contribution < -0.4 is 11.1 Å². The number of nitrogens with one attached hydrogen (secondary N) is 1. The van der Waals surface area contributed by atoms with Crippen molar-refractivity contribution < 1.29 is 9.47 Å². The van der Waals surface area contributed by atoms with Gasteiger partial charge in [0.05, 0.1) is 5.60 Å². The Morgan fingerprint density at radius 2 is 2.14 bits per heavy atom. The molecule has 116 valence electrons. The Morgan fingerprint density at radius 1 is 1.33 bits per heavy atom. The van der Waals surface area contributed by atoms with Gasteiger partial charge in [-0.3, -0.25) is 0 Å². The summed E-state index contributed by atoms with van der Waals surface area (Å²) in [5.41, 5.74) is 5.81. The van der Waals surface area contributed by atoms with Crippen molar-refractivity contribution in [2.24, 2.45) is 0 Å². The lowest BCUT2D eigenvalue weighted by atomic mass is 9.84. The molecule has 1 aromatic rings. The van der Waals surface area contributed by atoms with E-state index in [2.05, 4.69) is 15.3 Å². The predicted octanol–water partition coefficient (Wildman–Crippen LogP) is 1.92. The molecular formula is C14H22N4O2S. The number of nitrogens with zero attached hydrogens (tertiary/aromatic N) is 2. The van der Waals surface area contributed by atoms with Gasteiger partial charge in [0.2, 0.25) is 0 Å². The van der Waals surface area contributed by atoms with E-state index in [4.69, 9.17) is 15.2 Å². The zero-order valence-corrected chi connectivity index (χ0v) is 13.1. The van der Waals surface area contributed by atoms with Crippen molar-refractivity contribution in [3.05, 3.63) is 6.07 Å². The van der Waals surface area contributed by atoms with E-state index in [1.54, 1.807) is 6.07 Å². The summed E-state index contributed by atoms with van der Waals surface area (Å²) in [6.07, 6.45) is 5.89. The molecule has 2 aliphatic heterocycles. The number of ether oxygens (including phenoxy) is 2. The fourth-order valence-electron chi connectivity index (χ4n) is 3.06. The third kappa shape index (κ3) is 3.59. The predicted molar refractivity (Wildman–Crippen MR) is 83.6 cm³/mol. The summed E-state index contributed by atoms with van der Waals surface area (Å²) in [5, 5.41) is 4.20. The van der Waals surface area contributed by atoms with Gasteiger partial charge in [-0.25, -0.2) is 9.97 Å². The summed E-state index contributed by atoms with van der Waals surface area (Å²) in [7, 11) is 0. The molecular weight excluding hydrogens is 288 g/mol. The minimum absolute atomic E-state index is 0.0188. The molecule has 0 bridgehead atoms. The molecule has 0 saturated carbocycles. The minimum atomic E-state index is -0.0188. The normalized spacial score (nSPS) is 24.9. The highest BCUT2D eigenvalue weighted by Gasteiger charge is 2.39. The Kier molecular flexibility index (Phi) is 4.51. The molecule has 3 heterocycles. The van der Waals surface area contributed by atoms with E-state index in [9.17, 15) is 0 Å². The summed E-state index contributed by atoms with van der Waals surface area (Å²) in [5.74, 6) is 1.31. The fourth-order valence-corrected chi connectivity index (χ4v) is 3.45. The van der Waals surface area contributed by atoms with Crippen LogP contribution in [-0.2, 0) is 9.47 Å². The van der Waals surface area contributed by atoms with Gasteiger partial charge in [-0.2, -0.15) is 0 Å². The number of thioether (sulfide) groups is 1. The smallest absolute Gasteiger partial charge is 0.191 e. The second-order valence-electron chi connectivity index (χ2n) is 5.64. The first-order chi connectivity index (χ1) is 10.2. The SMILES string of the molecule is CSc1nc(N)cc(NC2CCOC3(CCOCC3)C2)n1. The van der Waals surface area contributed by atoms with Gasteiger partial charge in [0.25, 0.3) is 0 Å². The first-order valence-electron chi connectivity index (χ1n) is 7.36. The van der Waals surface area contributed by atoms with E-state index < -0.39 is 0 Å². The Labute approximate surface area is 129 Å². The standard InChI is InChI=1S/C14H22N4O2S/c1-21-13-17-11(15)8-12(18-13)16-10-2-5-20-14(9-10)3-6-19-7-4-14/h8,10H,2-7,9H2,1H3,(H3,15,16,17,18). The van der Waals surface area contributed by atoms with Crippen LogP contribution in [0.2, 0.25) is 0 Å². The van der Waals surface area contributed by atoms with Crippen molar-refractivity contribution in [2.75, 3.05) is 37.1 Å². The van der Waals surface area contributed by atoms with Crippen LogP contribution in [0.5, 0.6) is 0 Å². The van der Waals surface area contributed by atoms with Gasteiger partial charge in [-0.05, 0) is 31.9 Å². The van der Waals surface area contributed by atoms with Crippen LogP contribution >= 0.6 is 11.8 Å². The molecule has 21 heavy (non-hydrogen) atoms. The first kappa shape index (κ1) is 14.9. The van der Waals surface area contributed by atoms with E-state index in [0.29, 0.717) is 17.0 Å². The fraction of sp³-hybridized carbons (Fsp3) is 0.714. The third-order valence-electron chi connectivity index (χ3n) is 4.16. The van der Waals surface area contributed by atoms with Crippen molar-refractivity contribution in [2.45, 2.75) is 42.5 Å². The van der Waals surface area contributed by atoms with Crippen LogP contribution in [0.15, 0.2) is 11.2 Å². The van der Waals surface area contributed by atoms with Crippen molar-refractivity contribution >= 4 is 23.4 Å². The van der Waals surface area contributed by atoms with E-state index in [1.165, 1.54) is 11.8 Å². The molecule has 0 aromatic carbocycles. The van der Waals surface area contributed by atoms with Crippen LogP contribution in [0.4, 0.5) is 11.6 Å². The average Bonchev–Trinajstić information content (AvgIpc) is 2.47. The van der Waals surface area contributed by atoms with Crippen molar-refractivity contribution in [3.63, 3.8) is 0 Å². The molecule has 1 spiro atoms. The van der Waals surface area contributed by atoms with Crippen molar-refractivity contribution in [1.82, 2.24) is 9.97 Å². The number of rotatable bonds is 3. The molecule has 2 aliphatic rings. The highest BCUT2D eigenvalue weighted by atomic mass is 32.2. The van der Waals surface area contributed by atoms with Gasteiger partial charge in [0, 0.05) is 31.9 Å². The molecule has 0 amide bonds. The molecule has 3 N–H and O–H groups in total. The van der Waals surface area contributed by atoms with E-state index in [-0.39, 0.29) is 5.60 Å². The number of anilines is 2. The summed E-state index contributed by atoms with van der Waals surface area (Å²) in [6, 6.07) is 2.16. The number of nitrogen functional groups attached to an aromatic ring is 1. The number of hydrogen-bond donors (Lipinski definition) is 2. The molecule has 6 nitrogen and oxygen atoms in total. The van der Waals surface area contributed by atoms with Gasteiger partial charge in [0.1, 0.15) is 11.6 Å². The van der Waals surface area contributed by atoms with Crippen LogP contribution in [0, 0.1) is 0 Å². The van der Waals surface area contributed by atoms with Crippen LogP contribution in [0.25, 0.3) is 0 Å². The molecule has 3 rings (SSSR count). The zero-order chi connectivity index (χ0) is 14.7. The van der Waals surface area contributed by atoms with E-state index in [0.717, 1.165) is 51.3 Å². The summed E-state index contributed by atoms with van der Waals surface area (Å²) in [4.78, 5) is 8.65. The Hall–Kier alpha value is -1.05. The average molecular weight is 310 g/mol. The lowest BCUT2D eigenvalue weighted by molar-refractivity contribution is -0.135. The second kappa shape index (κ2) is 6.37. The Bertz CT molecular complexity index is 488. The lowest BCUT2D eigenvalue weighted by Crippen LogP contribution is -2.47. The molecule has 1 unspecified atom stereocenters. The van der Waals surface area contributed by atoms with Gasteiger partial charge >= 0.3 is 0 Å². The maximum absolute atomic E-state index is 6.06. The van der Waals surface area contributed by atoms with Gasteiger partial charge < -0.3 is 20.5 Å².